The quantitative estimate of drug-likeness (QED) is 0.219. The van der Waals surface area contributed by atoms with Gasteiger partial charge in [-0.3, -0.25) is 4.79 Å². The van der Waals surface area contributed by atoms with Gasteiger partial charge in [-0.05, 0) is 60.9 Å². The maximum absolute atomic E-state index is 12.3. The largest absolute Gasteiger partial charge is 0.491 e. The van der Waals surface area contributed by atoms with E-state index in [1.165, 1.54) is 0 Å². The molecule has 34 heavy (non-hydrogen) atoms. The smallest absolute Gasteiger partial charge is 0.251 e. The molecule has 0 unspecified atom stereocenters. The summed E-state index contributed by atoms with van der Waals surface area (Å²) in [7, 11) is 0. The number of carbonyl (C=O) groups excluding carboxylic acids is 1. The average Bonchev–Trinajstić information content (AvgIpc) is 3.21. The van der Waals surface area contributed by atoms with Gasteiger partial charge in [-0.1, -0.05) is 48.0 Å². The van der Waals surface area contributed by atoms with Gasteiger partial charge >= 0.3 is 0 Å². The summed E-state index contributed by atoms with van der Waals surface area (Å²) in [5.74, 6) is 1.78. The van der Waals surface area contributed by atoms with Gasteiger partial charge in [-0.2, -0.15) is 0 Å². The van der Waals surface area contributed by atoms with Gasteiger partial charge in [0.15, 0.2) is 0 Å². The van der Waals surface area contributed by atoms with E-state index in [1.54, 1.807) is 24.3 Å². The molecular weight excluding hydrogens is 446 g/mol. The summed E-state index contributed by atoms with van der Waals surface area (Å²) in [6.07, 6.45) is 4.20. The number of para-hydroxylation sites is 3. The maximum Gasteiger partial charge on any atom is 0.251 e. The summed E-state index contributed by atoms with van der Waals surface area (Å²) in [5, 5.41) is 3.59. The van der Waals surface area contributed by atoms with Crippen LogP contribution < -0.4 is 10.1 Å². The highest BCUT2D eigenvalue weighted by Crippen LogP contribution is 2.20. The van der Waals surface area contributed by atoms with Crippen molar-refractivity contribution >= 4 is 28.5 Å². The van der Waals surface area contributed by atoms with Crippen LogP contribution in [0.4, 0.5) is 0 Å². The summed E-state index contributed by atoms with van der Waals surface area (Å²) >= 11 is 5.90. The number of ether oxygens (including phenoxy) is 1. The lowest BCUT2D eigenvalue weighted by Gasteiger charge is -2.13. The zero-order valence-corrected chi connectivity index (χ0v) is 19.8. The molecule has 0 bridgehead atoms. The Kier molecular flexibility index (Phi) is 7.99. The first-order valence-electron chi connectivity index (χ1n) is 11.4. The van der Waals surface area contributed by atoms with Crippen molar-refractivity contribution in [2.24, 2.45) is 0 Å². The van der Waals surface area contributed by atoms with Crippen LogP contribution in [-0.2, 0) is 19.4 Å². The predicted molar refractivity (Wildman–Crippen MR) is 138 cm³/mol. The van der Waals surface area contributed by atoms with E-state index in [9.17, 15) is 4.79 Å². The summed E-state index contributed by atoms with van der Waals surface area (Å²) in [4.78, 5) is 17.2. The molecule has 0 radical (unpaired) electrons. The molecule has 0 saturated heterocycles. The second-order valence-electron chi connectivity index (χ2n) is 7.98. The molecule has 5 nitrogen and oxygen atoms in total. The summed E-state index contributed by atoms with van der Waals surface area (Å²) in [5.41, 5.74) is 3.79. The van der Waals surface area contributed by atoms with Crippen LogP contribution >= 0.6 is 11.6 Å². The average molecular weight is 474 g/mol. The number of aromatic nitrogens is 2. The molecular formula is C28H28ClN3O2. The monoisotopic (exact) mass is 473 g/mol. The lowest BCUT2D eigenvalue weighted by atomic mass is 10.1. The van der Waals surface area contributed by atoms with Crippen LogP contribution in [0, 0.1) is 0 Å². The van der Waals surface area contributed by atoms with Crippen LogP contribution in [0.15, 0.2) is 85.5 Å². The number of carbonyl (C=O) groups is 1. The Morgan fingerprint density at radius 2 is 1.82 bits per heavy atom. The highest BCUT2D eigenvalue weighted by atomic mass is 35.5. The van der Waals surface area contributed by atoms with Gasteiger partial charge in [0.05, 0.1) is 17.6 Å². The van der Waals surface area contributed by atoms with Crippen molar-refractivity contribution in [3.8, 4) is 5.75 Å². The number of benzene rings is 3. The molecule has 4 rings (SSSR count). The van der Waals surface area contributed by atoms with Crippen LogP contribution in [0.5, 0.6) is 5.75 Å². The third kappa shape index (κ3) is 5.86. The van der Waals surface area contributed by atoms with Crippen LogP contribution in [0.3, 0.4) is 0 Å². The lowest BCUT2D eigenvalue weighted by molar-refractivity contribution is 0.0953. The second-order valence-corrected chi connectivity index (χ2v) is 8.42. The van der Waals surface area contributed by atoms with Crippen LogP contribution in [0.2, 0.25) is 5.02 Å². The molecule has 1 heterocycles. The Balaban J connectivity index is 1.37. The number of halogens is 1. The summed E-state index contributed by atoms with van der Waals surface area (Å²) in [6, 6.07) is 23.1. The number of fused-ring (bicyclic) bond motifs is 1. The molecule has 0 atom stereocenters. The van der Waals surface area contributed by atoms with E-state index < -0.39 is 0 Å². The predicted octanol–water partition coefficient (Wildman–Crippen LogP) is 5.86. The van der Waals surface area contributed by atoms with Gasteiger partial charge in [0.25, 0.3) is 5.91 Å². The Morgan fingerprint density at radius 3 is 2.65 bits per heavy atom. The minimum atomic E-state index is -0.100. The second kappa shape index (κ2) is 11.5. The highest BCUT2D eigenvalue weighted by molar-refractivity contribution is 6.30. The number of rotatable bonds is 11. The Hall–Kier alpha value is -3.57. The van der Waals surface area contributed by atoms with Gasteiger partial charge in [0.2, 0.25) is 0 Å². The fourth-order valence-electron chi connectivity index (χ4n) is 3.93. The van der Waals surface area contributed by atoms with E-state index in [0.29, 0.717) is 30.3 Å². The van der Waals surface area contributed by atoms with Crippen molar-refractivity contribution in [3.05, 3.63) is 107 Å². The first-order valence-corrected chi connectivity index (χ1v) is 11.8. The van der Waals surface area contributed by atoms with E-state index in [4.69, 9.17) is 21.3 Å². The van der Waals surface area contributed by atoms with Crippen molar-refractivity contribution in [1.82, 2.24) is 14.9 Å². The molecule has 3 aromatic carbocycles. The number of nitrogens with one attached hydrogen (secondary N) is 1. The first kappa shape index (κ1) is 23.6. The minimum Gasteiger partial charge on any atom is -0.491 e. The van der Waals surface area contributed by atoms with Crippen LogP contribution in [-0.4, -0.2) is 28.6 Å². The van der Waals surface area contributed by atoms with E-state index in [2.05, 4.69) is 28.6 Å². The first-order chi connectivity index (χ1) is 16.7. The van der Waals surface area contributed by atoms with E-state index >= 15 is 0 Å². The number of amides is 1. The Labute approximate surface area is 205 Å². The van der Waals surface area contributed by atoms with E-state index in [-0.39, 0.29) is 5.91 Å². The zero-order valence-electron chi connectivity index (χ0n) is 19.0. The molecule has 0 aliphatic rings. The SMILES string of the molecule is C=CCc1ccccc1OCCn1c(CCCNC(=O)c2ccc(Cl)cc2)nc2ccccc21. The molecule has 1 aromatic heterocycles. The van der Waals surface area contributed by atoms with Crippen molar-refractivity contribution in [1.29, 1.82) is 0 Å². The molecule has 1 N–H and O–H groups in total. The number of aryl methyl sites for hydroxylation is 1. The van der Waals surface area contributed by atoms with Crippen LogP contribution in [0.1, 0.15) is 28.2 Å². The molecule has 6 heteroatoms. The molecule has 0 aliphatic carbocycles. The number of nitrogens with zero attached hydrogens (tertiary/aromatic N) is 2. The third-order valence-electron chi connectivity index (χ3n) is 5.61. The highest BCUT2D eigenvalue weighted by Gasteiger charge is 2.12. The van der Waals surface area contributed by atoms with Gasteiger partial charge in [0, 0.05) is 23.6 Å². The standard InChI is InChI=1S/C28H28ClN3O2/c1-2-8-21-9-3-6-12-26(21)34-20-19-32-25-11-5-4-10-24(25)31-27(32)13-7-18-30-28(33)22-14-16-23(29)17-15-22/h2-6,9-12,14-17H,1,7-8,13,18-20H2,(H,30,33). The fourth-order valence-corrected chi connectivity index (χ4v) is 4.06. The van der Waals surface area contributed by atoms with Gasteiger partial charge < -0.3 is 14.6 Å². The van der Waals surface area contributed by atoms with Crippen molar-refractivity contribution < 1.29 is 9.53 Å². The summed E-state index contributed by atoms with van der Waals surface area (Å²) < 4.78 is 8.33. The number of imidazole rings is 1. The Morgan fingerprint density at radius 1 is 1.06 bits per heavy atom. The summed E-state index contributed by atoms with van der Waals surface area (Å²) in [6.45, 7) is 5.62. The molecule has 0 spiro atoms. The molecule has 0 fully saturated rings. The van der Waals surface area contributed by atoms with Crippen molar-refractivity contribution in [2.75, 3.05) is 13.2 Å². The van der Waals surface area contributed by atoms with Crippen molar-refractivity contribution in [3.63, 3.8) is 0 Å². The van der Waals surface area contributed by atoms with Crippen LogP contribution in [0.25, 0.3) is 11.0 Å². The minimum absolute atomic E-state index is 0.100. The molecule has 174 valence electrons. The maximum atomic E-state index is 12.3. The molecule has 1 amide bonds. The lowest BCUT2D eigenvalue weighted by Crippen LogP contribution is -2.25. The molecule has 0 saturated carbocycles. The topological polar surface area (TPSA) is 56.1 Å². The third-order valence-corrected chi connectivity index (χ3v) is 5.86. The van der Waals surface area contributed by atoms with Gasteiger partial charge in [-0.15, -0.1) is 6.58 Å². The Bertz CT molecular complexity index is 1260. The molecule has 0 aliphatic heterocycles. The zero-order chi connectivity index (χ0) is 23.8. The van der Waals surface area contributed by atoms with Gasteiger partial charge in [0.1, 0.15) is 18.2 Å². The number of hydrogen-bond acceptors (Lipinski definition) is 3. The van der Waals surface area contributed by atoms with E-state index in [0.717, 1.165) is 47.4 Å². The normalized spacial score (nSPS) is 10.9. The van der Waals surface area contributed by atoms with E-state index in [1.807, 2.05) is 42.5 Å². The fraction of sp³-hybridized carbons (Fsp3) is 0.214. The molecule has 4 aromatic rings. The van der Waals surface area contributed by atoms with Crippen molar-refractivity contribution in [2.45, 2.75) is 25.8 Å². The van der Waals surface area contributed by atoms with Gasteiger partial charge in [-0.25, -0.2) is 4.98 Å². The number of hydrogen-bond donors (Lipinski definition) is 1. The number of allylic oxidation sites excluding steroid dienone is 1.